The highest BCUT2D eigenvalue weighted by molar-refractivity contribution is 5.90. The molecule has 1 aliphatic carbocycles. The van der Waals surface area contributed by atoms with Crippen LogP contribution in [0, 0.1) is 5.92 Å². The summed E-state index contributed by atoms with van der Waals surface area (Å²) in [7, 11) is 1.97. The third-order valence-electron chi connectivity index (χ3n) is 9.92. The number of carbonyl (C=O) groups is 1. The maximum absolute atomic E-state index is 12.7. The van der Waals surface area contributed by atoms with Gasteiger partial charge in [-0.05, 0) is 60.8 Å². The Labute approximate surface area is 297 Å². The Kier molecular flexibility index (Phi) is 11.6. The number of pyridine rings is 1. The molecule has 0 radical (unpaired) electrons. The largest absolute Gasteiger partial charge is 0.506 e. The number of aliphatic hydroxyl groups excluding tert-OH is 1. The molecular weight excluding hydrogens is 646 g/mol. The molecule has 51 heavy (non-hydrogen) atoms. The average molecular weight is 694 g/mol. The lowest BCUT2D eigenvalue weighted by Crippen LogP contribution is -2.38. The molecule has 2 heterocycles. The summed E-state index contributed by atoms with van der Waals surface area (Å²) in [5.41, 5.74) is 1.82. The van der Waals surface area contributed by atoms with Gasteiger partial charge in [-0.15, -0.1) is 0 Å². The van der Waals surface area contributed by atoms with Gasteiger partial charge < -0.3 is 40.3 Å². The number of aromatic nitrogens is 2. The van der Waals surface area contributed by atoms with Crippen molar-refractivity contribution in [3.63, 3.8) is 0 Å². The third kappa shape index (κ3) is 8.74. The second-order valence-electron chi connectivity index (χ2n) is 13.6. The van der Waals surface area contributed by atoms with Crippen molar-refractivity contribution in [2.45, 2.75) is 63.2 Å². The van der Waals surface area contributed by atoms with Crippen LogP contribution in [0.25, 0.3) is 10.9 Å². The number of nitrogens with zero attached hydrogens (tertiary/aromatic N) is 2. The zero-order valence-corrected chi connectivity index (χ0v) is 29.0. The van der Waals surface area contributed by atoms with Crippen LogP contribution >= 0.6 is 0 Å². The number of hydrogen-bond donors (Lipinski definition) is 6. The van der Waals surface area contributed by atoms with Gasteiger partial charge in [0.25, 0.3) is 0 Å². The van der Waals surface area contributed by atoms with Crippen molar-refractivity contribution in [1.82, 2.24) is 20.2 Å². The van der Waals surface area contributed by atoms with Crippen LogP contribution < -0.4 is 16.2 Å². The van der Waals surface area contributed by atoms with Gasteiger partial charge in [0.1, 0.15) is 11.5 Å². The third-order valence-corrected chi connectivity index (χ3v) is 9.92. The van der Waals surface area contributed by atoms with Crippen LogP contribution in [0.15, 0.2) is 94.3 Å². The molecule has 0 bridgehead atoms. The van der Waals surface area contributed by atoms with Crippen LogP contribution in [0.3, 0.4) is 0 Å². The van der Waals surface area contributed by atoms with Gasteiger partial charge in [0.05, 0.1) is 17.8 Å². The molecule has 1 fully saturated rings. The molecular formula is C40H47N5O6. The number of benzene rings is 3. The highest BCUT2D eigenvalue weighted by atomic mass is 16.4. The predicted molar refractivity (Wildman–Crippen MR) is 196 cm³/mol. The molecule has 2 atom stereocenters. The number of amides is 1. The molecule has 268 valence electrons. The molecule has 0 saturated heterocycles. The number of anilines is 1. The number of phenolic OH excluding ortho intramolecular Hbond substituents is 1. The van der Waals surface area contributed by atoms with Crippen molar-refractivity contribution in [1.29, 1.82) is 0 Å². The number of oxazole rings is 1. The van der Waals surface area contributed by atoms with E-state index in [2.05, 4.69) is 25.5 Å². The normalized spacial score (nSPS) is 15.5. The number of H-pyrrole nitrogens is 1. The molecule has 11 nitrogen and oxygen atoms in total. The Morgan fingerprint density at radius 2 is 1.78 bits per heavy atom. The molecule has 11 heteroatoms. The summed E-state index contributed by atoms with van der Waals surface area (Å²) in [5.74, 6) is 0.996. The fraction of sp³-hybridized carbons (Fsp3) is 0.375. The Bertz CT molecular complexity index is 1950. The number of aromatic hydroxyl groups is 1. The molecule has 3 aromatic carbocycles. The maximum Gasteiger partial charge on any atom is 0.248 e. The first-order valence-corrected chi connectivity index (χ1v) is 17.7. The Morgan fingerprint density at radius 3 is 2.55 bits per heavy atom. The number of carbonyl (C=O) groups excluding carboxylic acids is 1. The molecule has 6 rings (SSSR count). The summed E-state index contributed by atoms with van der Waals surface area (Å²) in [4.78, 5) is 33.7. The van der Waals surface area contributed by atoms with E-state index in [9.17, 15) is 24.9 Å². The summed E-state index contributed by atoms with van der Waals surface area (Å²) in [6, 6.07) is 23.3. The van der Waals surface area contributed by atoms with Gasteiger partial charge in [-0.2, -0.15) is 0 Å². The SMILES string of the molecule is CN(CCC(=O)Nc1ccc(CNCC(O)c2ccc(O)c3[nH]c(=O)ccc23)cc1)CCc1cnc([C@](O)(c2ccccc2)C2CCCCC2)o1. The molecule has 0 spiro atoms. The van der Waals surface area contributed by atoms with Crippen LogP contribution in [-0.4, -0.2) is 62.8 Å². The molecule has 6 N–H and O–H groups in total. The van der Waals surface area contributed by atoms with Crippen molar-refractivity contribution in [3.8, 4) is 5.75 Å². The number of aliphatic hydroxyl groups is 2. The van der Waals surface area contributed by atoms with Crippen LogP contribution in [0.1, 0.15) is 73.0 Å². The molecule has 0 aliphatic heterocycles. The lowest BCUT2D eigenvalue weighted by atomic mass is 9.73. The summed E-state index contributed by atoms with van der Waals surface area (Å²) in [6.45, 7) is 2.01. The van der Waals surface area contributed by atoms with E-state index in [0.717, 1.165) is 36.8 Å². The van der Waals surface area contributed by atoms with E-state index in [4.69, 9.17) is 4.42 Å². The van der Waals surface area contributed by atoms with Crippen LogP contribution in [0.2, 0.25) is 0 Å². The van der Waals surface area contributed by atoms with E-state index in [1.807, 2.05) is 61.6 Å². The first-order chi connectivity index (χ1) is 24.7. The van der Waals surface area contributed by atoms with Crippen molar-refractivity contribution in [2.75, 3.05) is 32.0 Å². The summed E-state index contributed by atoms with van der Waals surface area (Å²) < 4.78 is 6.20. The monoisotopic (exact) mass is 693 g/mol. The predicted octanol–water partition coefficient (Wildman–Crippen LogP) is 5.36. The Hall–Kier alpha value is -4.81. The van der Waals surface area contributed by atoms with Gasteiger partial charge in [0.15, 0.2) is 5.60 Å². The Morgan fingerprint density at radius 1 is 1.02 bits per heavy atom. The fourth-order valence-electron chi connectivity index (χ4n) is 6.99. The lowest BCUT2D eigenvalue weighted by Gasteiger charge is -2.36. The fourth-order valence-corrected chi connectivity index (χ4v) is 6.99. The minimum Gasteiger partial charge on any atom is -0.506 e. The minimum atomic E-state index is -1.25. The zero-order chi connectivity index (χ0) is 35.8. The van der Waals surface area contributed by atoms with Crippen molar-refractivity contribution >= 4 is 22.5 Å². The van der Waals surface area contributed by atoms with Gasteiger partial charge in [-0.25, -0.2) is 4.98 Å². The summed E-state index contributed by atoms with van der Waals surface area (Å²) in [5, 5.41) is 39.7. The van der Waals surface area contributed by atoms with Crippen molar-refractivity contribution < 1.29 is 24.5 Å². The van der Waals surface area contributed by atoms with Gasteiger partial charge in [0.2, 0.25) is 17.4 Å². The van der Waals surface area contributed by atoms with E-state index >= 15 is 0 Å². The molecule has 2 aromatic heterocycles. The van der Waals surface area contributed by atoms with E-state index in [1.165, 1.54) is 18.6 Å². The number of nitrogens with one attached hydrogen (secondary N) is 3. The van der Waals surface area contributed by atoms with Gasteiger partial charge in [-0.1, -0.05) is 67.8 Å². The average Bonchev–Trinajstić information content (AvgIpc) is 3.64. The number of rotatable bonds is 15. The first kappa shape index (κ1) is 36.0. The first-order valence-electron chi connectivity index (χ1n) is 17.7. The standard InChI is InChI=1S/C40H47N5O6/c1-45(22-20-31-25-42-39(51-31)40(50,28-8-4-2-5-9-28)29-10-6-3-7-11-29)23-21-37(49)43-30-14-12-27(13-15-30)24-41-26-35(47)32-16-18-34(46)38-33(32)17-19-36(48)44-38/h2,4-5,8-9,12-19,25,29,35,41,46-47,50H,3,6-7,10-11,20-24,26H2,1H3,(H,43,49)(H,44,48)/t35?,40-/m0/s1. The molecule has 1 amide bonds. The molecule has 5 aromatic rings. The number of fused-ring (bicyclic) bond motifs is 1. The smallest absolute Gasteiger partial charge is 0.248 e. The van der Waals surface area contributed by atoms with E-state index in [1.54, 1.807) is 18.3 Å². The summed E-state index contributed by atoms with van der Waals surface area (Å²) in [6.07, 6.45) is 7.05. The molecule has 1 unspecified atom stereocenters. The topological polar surface area (TPSA) is 164 Å². The van der Waals surface area contributed by atoms with E-state index < -0.39 is 11.7 Å². The minimum absolute atomic E-state index is 0.0496. The highest BCUT2D eigenvalue weighted by Gasteiger charge is 2.44. The van der Waals surface area contributed by atoms with Crippen LogP contribution in [0.4, 0.5) is 5.69 Å². The number of likely N-dealkylation sites (N-methyl/N-ethyl adjacent to an activating group) is 1. The van der Waals surface area contributed by atoms with Crippen LogP contribution in [-0.2, 0) is 23.4 Å². The van der Waals surface area contributed by atoms with Crippen LogP contribution in [0.5, 0.6) is 5.75 Å². The lowest BCUT2D eigenvalue weighted by molar-refractivity contribution is -0.116. The zero-order valence-electron chi connectivity index (χ0n) is 29.0. The number of phenols is 1. The van der Waals surface area contributed by atoms with E-state index in [0.29, 0.717) is 66.3 Å². The number of aromatic amines is 1. The van der Waals surface area contributed by atoms with E-state index in [-0.39, 0.29) is 29.7 Å². The Balaban J connectivity index is 0.935. The second kappa shape index (κ2) is 16.5. The molecule has 1 aliphatic rings. The number of hydrogen-bond acceptors (Lipinski definition) is 9. The quantitative estimate of drug-likeness (QED) is 0.0847. The maximum atomic E-state index is 12.7. The van der Waals surface area contributed by atoms with Gasteiger partial charge in [0, 0.05) is 62.1 Å². The second-order valence-corrected chi connectivity index (χ2v) is 13.6. The molecule has 1 saturated carbocycles. The van der Waals surface area contributed by atoms with Crippen molar-refractivity contribution in [3.05, 3.63) is 124 Å². The van der Waals surface area contributed by atoms with Gasteiger partial charge in [-0.3, -0.25) is 9.59 Å². The van der Waals surface area contributed by atoms with Crippen molar-refractivity contribution in [2.24, 2.45) is 5.92 Å². The summed E-state index contributed by atoms with van der Waals surface area (Å²) >= 11 is 0. The van der Waals surface area contributed by atoms with Gasteiger partial charge >= 0.3 is 0 Å². The highest BCUT2D eigenvalue weighted by Crippen LogP contribution is 2.43.